The molecule has 4 heteroatoms. The lowest BCUT2D eigenvalue weighted by Gasteiger charge is -2.08. The second kappa shape index (κ2) is 4.72. The molecule has 0 aliphatic heterocycles. The second-order valence-electron chi connectivity index (χ2n) is 4.53. The van der Waals surface area contributed by atoms with Gasteiger partial charge in [-0.2, -0.15) is 0 Å². The minimum absolute atomic E-state index is 0.261. The van der Waals surface area contributed by atoms with E-state index in [1.54, 1.807) is 18.5 Å². The third-order valence-corrected chi connectivity index (χ3v) is 4.15. The molecule has 0 spiro atoms. The number of aryl methyl sites for hydroxylation is 1. The maximum Gasteiger partial charge on any atom is 0.123 e. The molecular weight excluding hydrogens is 261 g/mol. The summed E-state index contributed by atoms with van der Waals surface area (Å²) >= 11 is 1.47. The van der Waals surface area contributed by atoms with Gasteiger partial charge in [0.2, 0.25) is 0 Å². The summed E-state index contributed by atoms with van der Waals surface area (Å²) in [4.78, 5) is 4.88. The molecule has 3 rings (SSSR count). The van der Waals surface area contributed by atoms with Gasteiger partial charge in [-0.15, -0.1) is 11.3 Å². The smallest absolute Gasteiger partial charge is 0.123 e. The van der Waals surface area contributed by atoms with Crippen LogP contribution in [0.4, 0.5) is 4.39 Å². The molecule has 19 heavy (non-hydrogen) atoms. The molecular formula is C15H12FNOS. The number of hydrogen-bond donors (Lipinski definition) is 1. The summed E-state index contributed by atoms with van der Waals surface area (Å²) in [5.74, 6) is -0.261. The van der Waals surface area contributed by atoms with Crippen molar-refractivity contribution in [1.82, 2.24) is 4.98 Å². The first kappa shape index (κ1) is 12.3. The summed E-state index contributed by atoms with van der Waals surface area (Å²) in [6.07, 6.45) is 2.69. The topological polar surface area (TPSA) is 33.1 Å². The Morgan fingerprint density at radius 1 is 1.21 bits per heavy atom. The fourth-order valence-corrected chi connectivity index (χ4v) is 3.12. The predicted octanol–water partition coefficient (Wildman–Crippen LogP) is 3.83. The van der Waals surface area contributed by atoms with Gasteiger partial charge in [0.25, 0.3) is 0 Å². The van der Waals surface area contributed by atoms with Crippen molar-refractivity contribution < 1.29 is 9.50 Å². The van der Waals surface area contributed by atoms with Crippen LogP contribution in [0.25, 0.3) is 10.1 Å². The van der Waals surface area contributed by atoms with E-state index in [1.807, 2.05) is 19.1 Å². The SMILES string of the molecule is Cc1cncc(C(O)c2cc3cc(F)ccc3s2)c1. The largest absolute Gasteiger partial charge is 0.383 e. The van der Waals surface area contributed by atoms with Crippen LogP contribution in [0.1, 0.15) is 22.1 Å². The number of nitrogens with zero attached hydrogens (tertiary/aromatic N) is 1. The van der Waals surface area contributed by atoms with Crippen molar-refractivity contribution in [2.45, 2.75) is 13.0 Å². The highest BCUT2D eigenvalue weighted by Crippen LogP contribution is 2.33. The molecule has 0 bridgehead atoms. The molecule has 0 amide bonds. The Balaban J connectivity index is 2.04. The van der Waals surface area contributed by atoms with E-state index in [0.29, 0.717) is 0 Å². The fraction of sp³-hybridized carbons (Fsp3) is 0.133. The van der Waals surface area contributed by atoms with Crippen LogP contribution < -0.4 is 0 Å². The van der Waals surface area contributed by atoms with Gasteiger partial charge in [0, 0.05) is 27.5 Å². The maximum absolute atomic E-state index is 13.2. The van der Waals surface area contributed by atoms with Gasteiger partial charge in [0.05, 0.1) is 0 Å². The maximum atomic E-state index is 13.2. The summed E-state index contributed by atoms with van der Waals surface area (Å²) < 4.78 is 14.1. The lowest BCUT2D eigenvalue weighted by Crippen LogP contribution is -1.98. The molecule has 2 nitrogen and oxygen atoms in total. The van der Waals surface area contributed by atoms with Gasteiger partial charge < -0.3 is 5.11 Å². The highest BCUT2D eigenvalue weighted by Gasteiger charge is 2.14. The second-order valence-corrected chi connectivity index (χ2v) is 5.64. The summed E-state index contributed by atoms with van der Waals surface area (Å²) in [6.45, 7) is 1.93. The van der Waals surface area contributed by atoms with Crippen molar-refractivity contribution in [2.75, 3.05) is 0 Å². The van der Waals surface area contributed by atoms with Crippen molar-refractivity contribution in [2.24, 2.45) is 0 Å². The zero-order valence-electron chi connectivity index (χ0n) is 10.3. The zero-order valence-corrected chi connectivity index (χ0v) is 11.1. The Kier molecular flexibility index (Phi) is 3.05. The van der Waals surface area contributed by atoms with E-state index >= 15 is 0 Å². The number of thiophene rings is 1. The number of halogens is 1. The summed E-state index contributed by atoms with van der Waals surface area (Å²) in [6, 6.07) is 8.39. The molecule has 1 unspecified atom stereocenters. The van der Waals surface area contributed by atoms with E-state index in [2.05, 4.69) is 4.98 Å². The lowest BCUT2D eigenvalue weighted by molar-refractivity contribution is 0.223. The van der Waals surface area contributed by atoms with Crippen molar-refractivity contribution in [1.29, 1.82) is 0 Å². The molecule has 1 N–H and O–H groups in total. The van der Waals surface area contributed by atoms with Crippen LogP contribution in [0.5, 0.6) is 0 Å². The molecule has 2 heterocycles. The molecule has 0 saturated carbocycles. The first-order valence-electron chi connectivity index (χ1n) is 5.92. The highest BCUT2D eigenvalue weighted by molar-refractivity contribution is 7.19. The summed E-state index contributed by atoms with van der Waals surface area (Å²) in [5.41, 5.74) is 1.76. The molecule has 0 aliphatic carbocycles. The van der Waals surface area contributed by atoms with Gasteiger partial charge in [0.1, 0.15) is 11.9 Å². The number of rotatable bonds is 2. The monoisotopic (exact) mass is 273 g/mol. The Morgan fingerprint density at radius 3 is 2.84 bits per heavy atom. The third-order valence-electron chi connectivity index (χ3n) is 2.98. The Morgan fingerprint density at radius 2 is 2.05 bits per heavy atom. The van der Waals surface area contributed by atoms with Crippen LogP contribution in [0, 0.1) is 12.7 Å². The number of aliphatic hydroxyl groups is 1. The van der Waals surface area contributed by atoms with E-state index in [0.717, 1.165) is 26.1 Å². The standard InChI is InChI=1S/C15H12FNOS/c1-9-4-11(8-17-7-9)15(18)14-6-10-5-12(16)2-3-13(10)19-14/h2-8,15,18H,1H3. The van der Waals surface area contributed by atoms with E-state index in [1.165, 1.54) is 23.5 Å². The average molecular weight is 273 g/mol. The van der Waals surface area contributed by atoms with Crippen LogP contribution in [-0.4, -0.2) is 10.1 Å². The van der Waals surface area contributed by atoms with Crippen LogP contribution in [-0.2, 0) is 0 Å². The van der Waals surface area contributed by atoms with Gasteiger partial charge in [0.15, 0.2) is 0 Å². The normalized spacial score (nSPS) is 12.8. The number of benzene rings is 1. The van der Waals surface area contributed by atoms with E-state index < -0.39 is 6.10 Å². The van der Waals surface area contributed by atoms with Gasteiger partial charge in [-0.25, -0.2) is 4.39 Å². The van der Waals surface area contributed by atoms with Gasteiger partial charge in [-0.3, -0.25) is 4.98 Å². The molecule has 1 atom stereocenters. The number of fused-ring (bicyclic) bond motifs is 1. The quantitative estimate of drug-likeness (QED) is 0.770. The van der Waals surface area contributed by atoms with Crippen LogP contribution in [0.2, 0.25) is 0 Å². The van der Waals surface area contributed by atoms with E-state index in [9.17, 15) is 9.50 Å². The molecule has 0 aliphatic rings. The predicted molar refractivity (Wildman–Crippen MR) is 74.8 cm³/mol. The zero-order chi connectivity index (χ0) is 13.4. The van der Waals surface area contributed by atoms with Gasteiger partial charge in [-0.05, 0) is 42.1 Å². The minimum atomic E-state index is -0.715. The van der Waals surface area contributed by atoms with E-state index in [-0.39, 0.29) is 5.82 Å². The summed E-state index contributed by atoms with van der Waals surface area (Å²) in [5, 5.41) is 11.2. The van der Waals surface area contributed by atoms with Crippen molar-refractivity contribution in [3.63, 3.8) is 0 Å². The summed E-state index contributed by atoms with van der Waals surface area (Å²) in [7, 11) is 0. The third kappa shape index (κ3) is 2.37. The Labute approximate surface area is 114 Å². The first-order valence-corrected chi connectivity index (χ1v) is 6.74. The number of aliphatic hydroxyl groups excluding tert-OH is 1. The number of pyridine rings is 1. The minimum Gasteiger partial charge on any atom is -0.383 e. The molecule has 1 aromatic carbocycles. The fourth-order valence-electron chi connectivity index (χ4n) is 2.06. The Bertz CT molecular complexity index is 738. The van der Waals surface area contributed by atoms with Crippen molar-refractivity contribution in [3.05, 3.63) is 64.5 Å². The van der Waals surface area contributed by atoms with E-state index in [4.69, 9.17) is 0 Å². The Hall–Kier alpha value is -1.78. The van der Waals surface area contributed by atoms with Gasteiger partial charge >= 0.3 is 0 Å². The molecule has 0 fully saturated rings. The van der Waals surface area contributed by atoms with Crippen LogP contribution >= 0.6 is 11.3 Å². The highest BCUT2D eigenvalue weighted by atomic mass is 32.1. The number of aromatic nitrogens is 1. The van der Waals surface area contributed by atoms with Crippen molar-refractivity contribution >= 4 is 21.4 Å². The van der Waals surface area contributed by atoms with Crippen LogP contribution in [0.15, 0.2) is 42.7 Å². The molecule has 96 valence electrons. The van der Waals surface area contributed by atoms with Gasteiger partial charge in [-0.1, -0.05) is 6.07 Å². The molecule has 2 aromatic heterocycles. The first-order chi connectivity index (χ1) is 9.13. The molecule has 3 aromatic rings. The average Bonchev–Trinajstić information content (AvgIpc) is 2.80. The number of hydrogen-bond acceptors (Lipinski definition) is 3. The van der Waals surface area contributed by atoms with Crippen molar-refractivity contribution in [3.8, 4) is 0 Å². The molecule has 0 saturated heterocycles. The lowest BCUT2D eigenvalue weighted by atomic mass is 10.1. The van der Waals surface area contributed by atoms with Crippen LogP contribution in [0.3, 0.4) is 0 Å². The molecule has 0 radical (unpaired) electrons.